The number of hydrogen-bond donors (Lipinski definition) is 1. The molecule has 25 heavy (non-hydrogen) atoms. The summed E-state index contributed by atoms with van der Waals surface area (Å²) in [6.45, 7) is 0.916. The number of methoxy groups -OCH3 is 2. The summed E-state index contributed by atoms with van der Waals surface area (Å²) >= 11 is 8.49. The zero-order valence-corrected chi connectivity index (χ0v) is 18.1. The first-order valence-electron chi connectivity index (χ1n) is 7.78. The molecule has 0 saturated heterocycles. The summed E-state index contributed by atoms with van der Waals surface area (Å²) in [5, 5.41) is 4.95. The first-order chi connectivity index (χ1) is 12.0. The predicted molar refractivity (Wildman–Crippen MR) is 107 cm³/mol. The molecule has 1 aliphatic rings. The molecule has 2 rings (SSSR count). The summed E-state index contributed by atoms with van der Waals surface area (Å²) in [5.41, 5.74) is 1.12. The third-order valence-electron chi connectivity index (χ3n) is 3.64. The van der Waals surface area contributed by atoms with Gasteiger partial charge >= 0.3 is 0 Å². The van der Waals surface area contributed by atoms with Gasteiger partial charge in [-0.2, -0.15) is 0 Å². The number of ether oxygens (including phenoxy) is 3. The fourth-order valence-electron chi connectivity index (χ4n) is 2.23. The van der Waals surface area contributed by atoms with Gasteiger partial charge in [-0.1, -0.05) is 22.0 Å². The average molecular weight is 495 g/mol. The summed E-state index contributed by atoms with van der Waals surface area (Å²) in [4.78, 5) is 12.1. The molecule has 0 radical (unpaired) electrons. The fraction of sp³-hybridized carbons (Fsp3) is 0.471. The van der Waals surface area contributed by atoms with E-state index in [9.17, 15) is 4.79 Å². The molecule has 1 N–H and O–H groups in total. The van der Waals surface area contributed by atoms with Crippen molar-refractivity contribution < 1.29 is 19.0 Å². The SMILES string of the molecule is COC(COc1ccc(CCNC(=O)C2CC(Br)=CS2)cc1Br)OC. The number of benzene rings is 1. The molecule has 138 valence electrons. The van der Waals surface area contributed by atoms with Gasteiger partial charge in [0.2, 0.25) is 5.91 Å². The largest absolute Gasteiger partial charge is 0.487 e. The molecule has 0 aromatic heterocycles. The van der Waals surface area contributed by atoms with E-state index in [0.29, 0.717) is 13.2 Å². The number of carbonyl (C=O) groups excluding carboxylic acids is 1. The van der Waals surface area contributed by atoms with E-state index < -0.39 is 6.29 Å². The lowest BCUT2D eigenvalue weighted by Crippen LogP contribution is -2.33. The van der Waals surface area contributed by atoms with Crippen LogP contribution in [-0.4, -0.2) is 44.8 Å². The van der Waals surface area contributed by atoms with Gasteiger partial charge in [0.05, 0.1) is 9.72 Å². The van der Waals surface area contributed by atoms with Gasteiger partial charge in [-0.25, -0.2) is 0 Å². The highest BCUT2D eigenvalue weighted by molar-refractivity contribution is 9.11. The number of rotatable bonds is 9. The van der Waals surface area contributed by atoms with Crippen molar-refractivity contribution in [1.82, 2.24) is 5.32 Å². The zero-order valence-electron chi connectivity index (χ0n) is 14.1. The summed E-state index contributed by atoms with van der Waals surface area (Å²) in [6, 6.07) is 5.89. The summed E-state index contributed by atoms with van der Waals surface area (Å²) in [5.74, 6) is 0.810. The molecule has 8 heteroatoms. The van der Waals surface area contributed by atoms with Crippen LogP contribution in [0.25, 0.3) is 0 Å². The summed E-state index contributed by atoms with van der Waals surface area (Å²) in [6.07, 6.45) is 1.12. The van der Waals surface area contributed by atoms with Gasteiger partial charge in [-0.05, 0) is 45.5 Å². The van der Waals surface area contributed by atoms with Crippen LogP contribution >= 0.6 is 43.6 Å². The lowest BCUT2D eigenvalue weighted by Gasteiger charge is -2.15. The molecule has 1 aromatic rings. The van der Waals surface area contributed by atoms with Crippen LogP contribution in [0.2, 0.25) is 0 Å². The van der Waals surface area contributed by atoms with Gasteiger partial charge in [-0.15, -0.1) is 11.8 Å². The molecule has 1 aliphatic heterocycles. The molecule has 0 bridgehead atoms. The lowest BCUT2D eigenvalue weighted by atomic mass is 10.1. The summed E-state index contributed by atoms with van der Waals surface area (Å²) < 4.78 is 17.8. The van der Waals surface area contributed by atoms with Crippen molar-refractivity contribution in [1.29, 1.82) is 0 Å². The maximum Gasteiger partial charge on any atom is 0.233 e. The third kappa shape index (κ3) is 6.60. The van der Waals surface area contributed by atoms with E-state index in [4.69, 9.17) is 14.2 Å². The maximum absolute atomic E-state index is 12.1. The van der Waals surface area contributed by atoms with Gasteiger partial charge in [-0.3, -0.25) is 4.79 Å². The molecule has 1 unspecified atom stereocenters. The second kappa shape index (κ2) is 10.6. The van der Waals surface area contributed by atoms with Crippen LogP contribution in [0.4, 0.5) is 0 Å². The van der Waals surface area contributed by atoms with E-state index in [1.807, 2.05) is 23.6 Å². The Morgan fingerprint density at radius 3 is 2.72 bits per heavy atom. The van der Waals surface area contributed by atoms with Crippen molar-refractivity contribution in [3.63, 3.8) is 0 Å². The Hall–Kier alpha value is -0.540. The van der Waals surface area contributed by atoms with Crippen LogP contribution in [-0.2, 0) is 20.7 Å². The highest BCUT2D eigenvalue weighted by Gasteiger charge is 2.23. The van der Waals surface area contributed by atoms with Crippen LogP contribution in [0.1, 0.15) is 12.0 Å². The first-order valence-corrected chi connectivity index (χ1v) is 10.3. The van der Waals surface area contributed by atoms with E-state index in [1.54, 1.807) is 26.0 Å². The molecule has 1 amide bonds. The minimum atomic E-state index is -0.398. The second-order valence-corrected chi connectivity index (χ2v) is 8.36. The fourth-order valence-corrected chi connectivity index (χ4v) is 4.53. The number of hydrogen-bond acceptors (Lipinski definition) is 5. The van der Waals surface area contributed by atoms with Crippen molar-refractivity contribution >= 4 is 49.5 Å². The standard InChI is InChI=1S/C17H21Br2NO4S/c1-22-16(23-2)9-24-14-4-3-11(7-13(14)19)5-6-20-17(21)15-8-12(18)10-25-15/h3-4,7,10,15-16H,5-6,8-9H2,1-2H3,(H,20,21). The van der Waals surface area contributed by atoms with Crippen LogP contribution in [0.3, 0.4) is 0 Å². The molecule has 0 saturated carbocycles. The Labute approximate surface area is 169 Å². The summed E-state index contributed by atoms with van der Waals surface area (Å²) in [7, 11) is 3.14. The van der Waals surface area contributed by atoms with Crippen molar-refractivity contribution in [3.8, 4) is 5.75 Å². The molecule has 5 nitrogen and oxygen atoms in total. The lowest BCUT2D eigenvalue weighted by molar-refractivity contribution is -0.122. The number of amides is 1. The zero-order chi connectivity index (χ0) is 18.2. The smallest absolute Gasteiger partial charge is 0.233 e. The van der Waals surface area contributed by atoms with E-state index in [1.165, 1.54) is 0 Å². The highest BCUT2D eigenvalue weighted by Crippen LogP contribution is 2.33. The Kier molecular flexibility index (Phi) is 8.78. The Morgan fingerprint density at radius 1 is 1.36 bits per heavy atom. The number of carbonyl (C=O) groups is 1. The van der Waals surface area contributed by atoms with Gasteiger partial charge in [0.1, 0.15) is 12.4 Å². The average Bonchev–Trinajstić information content (AvgIpc) is 3.04. The first kappa shape index (κ1) is 20.8. The topological polar surface area (TPSA) is 56.8 Å². The second-order valence-electron chi connectivity index (χ2n) is 5.41. The van der Waals surface area contributed by atoms with Crippen LogP contribution < -0.4 is 10.1 Å². The normalized spacial score (nSPS) is 16.8. The van der Waals surface area contributed by atoms with Crippen molar-refractivity contribution in [3.05, 3.63) is 38.1 Å². The van der Waals surface area contributed by atoms with Gasteiger partial charge in [0.15, 0.2) is 6.29 Å². The monoisotopic (exact) mass is 493 g/mol. The van der Waals surface area contributed by atoms with Crippen LogP contribution in [0, 0.1) is 0 Å². The van der Waals surface area contributed by atoms with Crippen LogP contribution in [0.5, 0.6) is 5.75 Å². The quantitative estimate of drug-likeness (QED) is 0.528. The molecule has 0 aliphatic carbocycles. The van der Waals surface area contributed by atoms with Gasteiger partial charge in [0, 0.05) is 31.7 Å². The minimum absolute atomic E-state index is 0.0218. The van der Waals surface area contributed by atoms with Crippen LogP contribution in [0.15, 0.2) is 32.6 Å². The van der Waals surface area contributed by atoms with E-state index in [-0.39, 0.29) is 11.2 Å². The van der Waals surface area contributed by atoms with E-state index >= 15 is 0 Å². The Morgan fingerprint density at radius 2 is 2.12 bits per heavy atom. The Bertz CT molecular complexity index is 623. The van der Waals surface area contributed by atoms with Crippen molar-refractivity contribution in [2.45, 2.75) is 24.4 Å². The highest BCUT2D eigenvalue weighted by atomic mass is 79.9. The molecular formula is C17H21Br2NO4S. The maximum atomic E-state index is 12.1. The number of nitrogens with one attached hydrogen (secondary N) is 1. The molecule has 0 spiro atoms. The number of thioether (sulfide) groups is 1. The van der Waals surface area contributed by atoms with E-state index in [2.05, 4.69) is 37.2 Å². The third-order valence-corrected chi connectivity index (χ3v) is 6.25. The van der Waals surface area contributed by atoms with Gasteiger partial charge in [0.25, 0.3) is 0 Å². The number of allylic oxidation sites excluding steroid dienone is 1. The predicted octanol–water partition coefficient (Wildman–Crippen LogP) is 3.85. The molecular weight excluding hydrogens is 474 g/mol. The van der Waals surface area contributed by atoms with E-state index in [0.717, 1.165) is 33.1 Å². The van der Waals surface area contributed by atoms with Crippen molar-refractivity contribution in [2.24, 2.45) is 0 Å². The molecule has 0 fully saturated rings. The molecule has 1 atom stereocenters. The minimum Gasteiger partial charge on any atom is -0.487 e. The molecule has 1 aromatic carbocycles. The van der Waals surface area contributed by atoms with Crippen molar-refractivity contribution in [2.75, 3.05) is 27.4 Å². The number of halogens is 2. The molecule has 1 heterocycles. The Balaban J connectivity index is 1.77. The van der Waals surface area contributed by atoms with Gasteiger partial charge < -0.3 is 19.5 Å².